The number of benzene rings is 2. The third-order valence-corrected chi connectivity index (χ3v) is 4.13. The number of hydrogen-bond acceptors (Lipinski definition) is 3. The minimum atomic E-state index is -0.821. The highest BCUT2D eigenvalue weighted by atomic mass is 35.5. The summed E-state index contributed by atoms with van der Waals surface area (Å²) in [5.41, 5.74) is 8.51. The van der Waals surface area contributed by atoms with Crippen molar-refractivity contribution in [2.24, 2.45) is 0 Å². The molecular formula is C15H14ClNO2S. The van der Waals surface area contributed by atoms with E-state index in [9.17, 15) is 4.79 Å². The lowest BCUT2D eigenvalue weighted by molar-refractivity contribution is -0.136. The van der Waals surface area contributed by atoms with Gasteiger partial charge in [-0.25, -0.2) is 0 Å². The van der Waals surface area contributed by atoms with Crippen LogP contribution in [0.5, 0.6) is 0 Å². The number of hydrogen-bond donors (Lipinski definition) is 2. The number of nitrogens with two attached hydrogens (primary N) is 1. The maximum atomic E-state index is 10.6. The zero-order chi connectivity index (χ0) is 14.5. The molecular weight excluding hydrogens is 294 g/mol. The number of carbonyl (C=O) groups is 1. The fraction of sp³-hybridized carbons (Fsp3) is 0.133. The SMILES string of the molecule is Nc1ccc(Cl)cc1SCc1ccc(CC(=O)O)cc1. The van der Waals surface area contributed by atoms with E-state index in [1.165, 1.54) is 0 Å². The van der Waals surface area contributed by atoms with Crippen LogP contribution in [0.1, 0.15) is 11.1 Å². The summed E-state index contributed by atoms with van der Waals surface area (Å²) in [5.74, 6) is -0.0587. The van der Waals surface area contributed by atoms with Gasteiger partial charge in [-0.3, -0.25) is 4.79 Å². The van der Waals surface area contributed by atoms with Gasteiger partial charge in [0, 0.05) is 21.4 Å². The van der Waals surface area contributed by atoms with E-state index in [1.807, 2.05) is 30.3 Å². The van der Waals surface area contributed by atoms with Crippen molar-refractivity contribution in [1.82, 2.24) is 0 Å². The van der Waals surface area contributed by atoms with Gasteiger partial charge < -0.3 is 10.8 Å². The van der Waals surface area contributed by atoms with Crippen LogP contribution in [0.25, 0.3) is 0 Å². The number of rotatable bonds is 5. The molecule has 3 nitrogen and oxygen atoms in total. The molecule has 0 unspecified atom stereocenters. The first-order valence-electron chi connectivity index (χ1n) is 6.02. The maximum Gasteiger partial charge on any atom is 0.307 e. The Morgan fingerprint density at radius 1 is 1.15 bits per heavy atom. The Hall–Kier alpha value is -1.65. The number of anilines is 1. The molecule has 0 amide bonds. The Morgan fingerprint density at radius 3 is 2.45 bits per heavy atom. The standard InChI is InChI=1S/C15H14ClNO2S/c16-12-5-6-13(17)14(8-12)20-9-11-3-1-10(2-4-11)7-15(18)19/h1-6,8H,7,9,17H2,(H,18,19). The molecule has 0 radical (unpaired) electrons. The van der Waals surface area contributed by atoms with Gasteiger partial charge in [-0.15, -0.1) is 11.8 Å². The van der Waals surface area contributed by atoms with E-state index < -0.39 is 5.97 Å². The van der Waals surface area contributed by atoms with Crippen molar-refractivity contribution in [3.63, 3.8) is 0 Å². The second kappa shape index (κ2) is 6.68. The highest BCUT2D eigenvalue weighted by Gasteiger charge is 2.03. The Kier molecular flexibility index (Phi) is 4.93. The van der Waals surface area contributed by atoms with Crippen molar-refractivity contribution in [3.05, 3.63) is 58.6 Å². The third-order valence-electron chi connectivity index (χ3n) is 2.75. The number of carboxylic acids is 1. The van der Waals surface area contributed by atoms with Crippen LogP contribution in [0, 0.1) is 0 Å². The van der Waals surface area contributed by atoms with E-state index in [-0.39, 0.29) is 6.42 Å². The molecule has 0 atom stereocenters. The molecule has 104 valence electrons. The zero-order valence-electron chi connectivity index (χ0n) is 10.7. The summed E-state index contributed by atoms with van der Waals surface area (Å²) in [6.07, 6.45) is 0.0503. The molecule has 0 bridgehead atoms. The van der Waals surface area contributed by atoms with Crippen molar-refractivity contribution in [3.8, 4) is 0 Å². The topological polar surface area (TPSA) is 63.3 Å². The van der Waals surface area contributed by atoms with Crippen molar-refractivity contribution in [2.75, 3.05) is 5.73 Å². The number of nitrogen functional groups attached to an aromatic ring is 1. The molecule has 2 aromatic carbocycles. The predicted molar refractivity (Wildman–Crippen MR) is 83.2 cm³/mol. The fourth-order valence-corrected chi connectivity index (χ4v) is 2.92. The lowest BCUT2D eigenvalue weighted by atomic mass is 10.1. The summed E-state index contributed by atoms with van der Waals surface area (Å²) >= 11 is 7.55. The molecule has 2 rings (SSSR count). The van der Waals surface area contributed by atoms with Gasteiger partial charge in [0.25, 0.3) is 0 Å². The molecule has 0 heterocycles. The van der Waals surface area contributed by atoms with E-state index in [2.05, 4.69) is 0 Å². The minimum absolute atomic E-state index is 0.0503. The molecule has 0 saturated heterocycles. The molecule has 5 heteroatoms. The Bertz CT molecular complexity index is 614. The highest BCUT2D eigenvalue weighted by Crippen LogP contribution is 2.30. The first-order chi connectivity index (χ1) is 9.54. The molecule has 0 fully saturated rings. The lowest BCUT2D eigenvalue weighted by Crippen LogP contribution is -1.99. The maximum absolute atomic E-state index is 10.6. The largest absolute Gasteiger partial charge is 0.481 e. The highest BCUT2D eigenvalue weighted by molar-refractivity contribution is 7.98. The minimum Gasteiger partial charge on any atom is -0.481 e. The summed E-state index contributed by atoms with van der Waals surface area (Å²) in [7, 11) is 0. The van der Waals surface area contributed by atoms with Gasteiger partial charge in [-0.1, -0.05) is 35.9 Å². The summed E-state index contributed by atoms with van der Waals surface area (Å²) < 4.78 is 0. The molecule has 3 N–H and O–H groups in total. The summed E-state index contributed by atoms with van der Waals surface area (Å²) in [4.78, 5) is 11.6. The second-order valence-corrected chi connectivity index (χ2v) is 5.81. The van der Waals surface area contributed by atoms with Crippen LogP contribution in [0.2, 0.25) is 5.02 Å². The second-order valence-electron chi connectivity index (χ2n) is 4.36. The molecule has 20 heavy (non-hydrogen) atoms. The number of thioether (sulfide) groups is 1. The van der Waals surface area contributed by atoms with Gasteiger partial charge in [-0.05, 0) is 29.3 Å². The van der Waals surface area contributed by atoms with E-state index in [0.717, 1.165) is 21.8 Å². The number of halogens is 1. The van der Waals surface area contributed by atoms with Crippen LogP contribution in [0.4, 0.5) is 5.69 Å². The quantitative estimate of drug-likeness (QED) is 0.650. The van der Waals surface area contributed by atoms with E-state index in [4.69, 9.17) is 22.4 Å². The average molecular weight is 308 g/mol. The Morgan fingerprint density at radius 2 is 1.80 bits per heavy atom. The van der Waals surface area contributed by atoms with Crippen molar-refractivity contribution < 1.29 is 9.90 Å². The van der Waals surface area contributed by atoms with Crippen LogP contribution in [0.15, 0.2) is 47.4 Å². The molecule has 2 aromatic rings. The molecule has 0 aliphatic rings. The summed E-state index contributed by atoms with van der Waals surface area (Å²) in [5, 5.41) is 9.38. The van der Waals surface area contributed by atoms with Gasteiger partial charge in [0.2, 0.25) is 0 Å². The van der Waals surface area contributed by atoms with Gasteiger partial charge in [0.15, 0.2) is 0 Å². The average Bonchev–Trinajstić information content (AvgIpc) is 2.41. The van der Waals surface area contributed by atoms with E-state index in [1.54, 1.807) is 23.9 Å². The van der Waals surface area contributed by atoms with Crippen LogP contribution in [-0.4, -0.2) is 11.1 Å². The van der Waals surface area contributed by atoms with E-state index >= 15 is 0 Å². The molecule has 0 aromatic heterocycles. The van der Waals surface area contributed by atoms with Gasteiger partial charge >= 0.3 is 5.97 Å². The smallest absolute Gasteiger partial charge is 0.307 e. The lowest BCUT2D eigenvalue weighted by Gasteiger charge is -2.06. The van der Waals surface area contributed by atoms with Crippen molar-refractivity contribution in [2.45, 2.75) is 17.1 Å². The van der Waals surface area contributed by atoms with E-state index in [0.29, 0.717) is 10.7 Å². The summed E-state index contributed by atoms with van der Waals surface area (Å²) in [6, 6.07) is 13.0. The van der Waals surface area contributed by atoms with Gasteiger partial charge in [-0.2, -0.15) is 0 Å². The molecule has 0 spiro atoms. The zero-order valence-corrected chi connectivity index (χ0v) is 12.2. The normalized spacial score (nSPS) is 10.4. The number of carboxylic acid groups (broad SMARTS) is 1. The van der Waals surface area contributed by atoms with Crippen molar-refractivity contribution in [1.29, 1.82) is 0 Å². The first-order valence-corrected chi connectivity index (χ1v) is 7.38. The monoisotopic (exact) mass is 307 g/mol. The van der Waals surface area contributed by atoms with Crippen LogP contribution in [0.3, 0.4) is 0 Å². The molecule has 0 aliphatic heterocycles. The Labute approximate surface area is 126 Å². The van der Waals surface area contributed by atoms with Gasteiger partial charge in [0.1, 0.15) is 0 Å². The molecule has 0 saturated carbocycles. The van der Waals surface area contributed by atoms with Crippen LogP contribution >= 0.6 is 23.4 Å². The predicted octanol–water partition coefficient (Wildman–Crippen LogP) is 3.84. The Balaban J connectivity index is 2.00. The molecule has 0 aliphatic carbocycles. The van der Waals surface area contributed by atoms with Gasteiger partial charge in [0.05, 0.1) is 6.42 Å². The third kappa shape index (κ3) is 4.18. The fourth-order valence-electron chi connectivity index (χ4n) is 1.72. The first kappa shape index (κ1) is 14.8. The van der Waals surface area contributed by atoms with Crippen LogP contribution < -0.4 is 5.73 Å². The van der Waals surface area contributed by atoms with Crippen LogP contribution in [-0.2, 0) is 17.0 Å². The summed E-state index contributed by atoms with van der Waals surface area (Å²) in [6.45, 7) is 0. The number of aliphatic carboxylic acids is 1. The van der Waals surface area contributed by atoms with Crippen molar-refractivity contribution >= 4 is 35.0 Å².